The monoisotopic (exact) mass is 303 g/mol. The van der Waals surface area contributed by atoms with Crippen LogP contribution in [-0.4, -0.2) is 27.0 Å². The smallest absolute Gasteiger partial charge is 0.231 e. The topological polar surface area (TPSA) is 85.0 Å². The molecule has 0 amide bonds. The number of aromatic amines is 1. The fraction of sp³-hybridized carbons (Fsp3) is 0.154. The van der Waals surface area contributed by atoms with Gasteiger partial charge in [0, 0.05) is 12.1 Å². The van der Waals surface area contributed by atoms with E-state index < -0.39 is 0 Å². The summed E-state index contributed by atoms with van der Waals surface area (Å²) >= 11 is 5.90. The van der Waals surface area contributed by atoms with E-state index in [9.17, 15) is 0 Å². The number of hydrogen-bond donors (Lipinski definition) is 2. The average Bonchev–Trinajstić information content (AvgIpc) is 3.12. The molecule has 0 saturated heterocycles. The van der Waals surface area contributed by atoms with Crippen molar-refractivity contribution in [1.82, 2.24) is 20.2 Å². The first-order valence-electron chi connectivity index (χ1n) is 6.29. The molecule has 0 aliphatic carbocycles. The highest BCUT2D eigenvalue weighted by atomic mass is 35.5. The minimum Gasteiger partial charge on any atom is -0.454 e. The normalized spacial score (nSPS) is 12.8. The number of ether oxygens (including phenoxy) is 2. The second-order valence-electron chi connectivity index (χ2n) is 4.48. The Morgan fingerprint density at radius 2 is 2.24 bits per heavy atom. The van der Waals surface area contributed by atoms with Crippen LogP contribution in [0.2, 0.25) is 5.28 Å². The lowest BCUT2D eigenvalue weighted by molar-refractivity contribution is 0.173. The van der Waals surface area contributed by atoms with E-state index in [1.54, 1.807) is 6.20 Å². The molecule has 3 aromatic rings. The second kappa shape index (κ2) is 4.78. The van der Waals surface area contributed by atoms with Crippen molar-refractivity contribution in [2.24, 2.45) is 0 Å². The summed E-state index contributed by atoms with van der Waals surface area (Å²) in [5.74, 6) is 2.13. The van der Waals surface area contributed by atoms with Gasteiger partial charge in [0.15, 0.2) is 17.1 Å². The molecule has 21 heavy (non-hydrogen) atoms. The minimum absolute atomic E-state index is 0.159. The van der Waals surface area contributed by atoms with Gasteiger partial charge in [-0.25, -0.2) is 0 Å². The molecule has 1 aliphatic rings. The van der Waals surface area contributed by atoms with Gasteiger partial charge >= 0.3 is 0 Å². The molecule has 0 atom stereocenters. The Balaban J connectivity index is 1.64. The summed E-state index contributed by atoms with van der Waals surface area (Å²) in [5, 5.41) is 10.9. The van der Waals surface area contributed by atoms with Crippen molar-refractivity contribution < 1.29 is 9.47 Å². The highest BCUT2D eigenvalue weighted by molar-refractivity contribution is 6.28. The molecule has 2 N–H and O–H groups in total. The second-order valence-corrected chi connectivity index (χ2v) is 4.82. The molecule has 7 nitrogen and oxygen atoms in total. The lowest BCUT2D eigenvalue weighted by atomic mass is 10.2. The van der Waals surface area contributed by atoms with E-state index in [-0.39, 0.29) is 12.1 Å². The van der Waals surface area contributed by atoms with Crippen LogP contribution in [0.1, 0.15) is 5.56 Å². The van der Waals surface area contributed by atoms with Crippen molar-refractivity contribution in [2.45, 2.75) is 6.54 Å². The van der Waals surface area contributed by atoms with Crippen molar-refractivity contribution in [2.75, 3.05) is 12.1 Å². The van der Waals surface area contributed by atoms with Crippen LogP contribution in [0.15, 0.2) is 24.4 Å². The Kier molecular flexibility index (Phi) is 2.78. The first-order chi connectivity index (χ1) is 10.3. The quantitative estimate of drug-likeness (QED) is 0.722. The predicted octanol–water partition coefficient (Wildman–Crippen LogP) is 2.35. The molecule has 0 saturated carbocycles. The molecule has 3 heterocycles. The standard InChI is InChI=1S/C13H10ClN5O2/c14-13-17-11(8-5-16-19-12(8)18-13)15-4-7-2-1-3-9-10(7)21-6-20-9/h1-3,5H,4,6H2,(H2,15,16,17,18,19). The van der Waals surface area contributed by atoms with Gasteiger partial charge in [-0.05, 0) is 17.7 Å². The highest BCUT2D eigenvalue weighted by Crippen LogP contribution is 2.35. The van der Waals surface area contributed by atoms with Crippen LogP contribution in [0.4, 0.5) is 5.82 Å². The summed E-state index contributed by atoms with van der Waals surface area (Å²) in [6, 6.07) is 5.77. The van der Waals surface area contributed by atoms with E-state index in [0.717, 1.165) is 22.4 Å². The van der Waals surface area contributed by atoms with E-state index in [1.807, 2.05) is 18.2 Å². The van der Waals surface area contributed by atoms with Crippen molar-refractivity contribution in [1.29, 1.82) is 0 Å². The fourth-order valence-corrected chi connectivity index (χ4v) is 2.42. The zero-order chi connectivity index (χ0) is 14.2. The van der Waals surface area contributed by atoms with E-state index in [4.69, 9.17) is 21.1 Å². The Labute approximate surface area is 124 Å². The number of benzene rings is 1. The zero-order valence-corrected chi connectivity index (χ0v) is 11.5. The third-order valence-electron chi connectivity index (χ3n) is 3.21. The molecule has 4 rings (SSSR count). The predicted molar refractivity (Wildman–Crippen MR) is 76.6 cm³/mol. The van der Waals surface area contributed by atoms with Gasteiger partial charge in [-0.1, -0.05) is 12.1 Å². The molecule has 1 aromatic carbocycles. The van der Waals surface area contributed by atoms with Crippen LogP contribution >= 0.6 is 11.6 Å². The lowest BCUT2D eigenvalue weighted by Gasteiger charge is -2.09. The van der Waals surface area contributed by atoms with Gasteiger partial charge in [0.25, 0.3) is 0 Å². The molecule has 8 heteroatoms. The van der Waals surface area contributed by atoms with E-state index in [0.29, 0.717) is 18.0 Å². The first-order valence-corrected chi connectivity index (χ1v) is 6.67. The Morgan fingerprint density at radius 3 is 3.19 bits per heavy atom. The molecular weight excluding hydrogens is 294 g/mol. The average molecular weight is 304 g/mol. The number of nitrogens with zero attached hydrogens (tertiary/aromatic N) is 3. The van der Waals surface area contributed by atoms with E-state index in [1.165, 1.54) is 0 Å². The van der Waals surface area contributed by atoms with Crippen molar-refractivity contribution in [3.05, 3.63) is 35.2 Å². The van der Waals surface area contributed by atoms with Crippen molar-refractivity contribution in [3.8, 4) is 11.5 Å². The first kappa shape index (κ1) is 12.2. The molecule has 0 spiro atoms. The Morgan fingerprint density at radius 1 is 1.29 bits per heavy atom. The lowest BCUT2D eigenvalue weighted by Crippen LogP contribution is -2.04. The summed E-state index contributed by atoms with van der Waals surface area (Å²) in [6.07, 6.45) is 1.66. The van der Waals surface area contributed by atoms with E-state index in [2.05, 4.69) is 25.5 Å². The number of H-pyrrole nitrogens is 1. The molecule has 1 aliphatic heterocycles. The third-order valence-corrected chi connectivity index (χ3v) is 3.38. The van der Waals surface area contributed by atoms with Crippen molar-refractivity contribution in [3.63, 3.8) is 0 Å². The Hall–Kier alpha value is -2.54. The maximum absolute atomic E-state index is 5.90. The number of rotatable bonds is 3. The summed E-state index contributed by atoms with van der Waals surface area (Å²) in [5.41, 5.74) is 1.58. The van der Waals surface area contributed by atoms with Crippen LogP contribution in [0.25, 0.3) is 11.0 Å². The van der Waals surface area contributed by atoms with Crippen LogP contribution < -0.4 is 14.8 Å². The summed E-state index contributed by atoms with van der Waals surface area (Å²) in [4.78, 5) is 8.25. The van der Waals surface area contributed by atoms with Crippen molar-refractivity contribution >= 4 is 28.5 Å². The third kappa shape index (κ3) is 2.11. The number of halogens is 1. The van der Waals surface area contributed by atoms with Gasteiger partial charge in [0.05, 0.1) is 11.6 Å². The van der Waals surface area contributed by atoms with Gasteiger partial charge in [0.2, 0.25) is 12.1 Å². The van der Waals surface area contributed by atoms with Gasteiger partial charge in [0.1, 0.15) is 5.82 Å². The number of anilines is 1. The van der Waals surface area contributed by atoms with Gasteiger partial charge in [-0.15, -0.1) is 0 Å². The van der Waals surface area contributed by atoms with Crippen LogP contribution in [-0.2, 0) is 6.54 Å². The molecule has 0 fully saturated rings. The maximum atomic E-state index is 5.90. The molecule has 106 valence electrons. The van der Waals surface area contributed by atoms with Gasteiger partial charge in [-0.3, -0.25) is 5.10 Å². The molecule has 2 aromatic heterocycles. The molecule has 0 radical (unpaired) electrons. The van der Waals surface area contributed by atoms with Gasteiger partial charge < -0.3 is 14.8 Å². The maximum Gasteiger partial charge on any atom is 0.231 e. The summed E-state index contributed by atoms with van der Waals surface area (Å²) in [6.45, 7) is 0.776. The highest BCUT2D eigenvalue weighted by Gasteiger charge is 2.17. The molecular formula is C13H10ClN5O2. The number of nitrogens with one attached hydrogen (secondary N) is 2. The molecule has 0 bridgehead atoms. The fourth-order valence-electron chi connectivity index (χ4n) is 2.25. The minimum atomic E-state index is 0.159. The SMILES string of the molecule is Clc1nc(NCc2cccc3c2OCO3)c2cn[nH]c2n1. The van der Waals surface area contributed by atoms with E-state index >= 15 is 0 Å². The number of para-hydroxylation sites is 1. The number of aromatic nitrogens is 4. The van der Waals surface area contributed by atoms with Crippen LogP contribution in [0, 0.1) is 0 Å². The summed E-state index contributed by atoms with van der Waals surface area (Å²) < 4.78 is 10.8. The number of hydrogen-bond acceptors (Lipinski definition) is 6. The summed E-state index contributed by atoms with van der Waals surface area (Å²) in [7, 11) is 0. The largest absolute Gasteiger partial charge is 0.454 e. The van der Waals surface area contributed by atoms with Crippen LogP contribution in [0.3, 0.4) is 0 Å². The zero-order valence-electron chi connectivity index (χ0n) is 10.8. The molecule has 0 unspecified atom stereocenters. The Bertz CT molecular complexity index is 819. The van der Waals surface area contributed by atoms with Gasteiger partial charge in [-0.2, -0.15) is 15.1 Å². The van der Waals surface area contributed by atoms with Crippen LogP contribution in [0.5, 0.6) is 11.5 Å². The number of fused-ring (bicyclic) bond motifs is 2.